The lowest BCUT2D eigenvalue weighted by Gasteiger charge is -2.37. The van der Waals surface area contributed by atoms with Crippen LogP contribution < -0.4 is 11.1 Å². The minimum absolute atomic E-state index is 0.738. The molecule has 2 nitrogen and oxygen atoms in total. The summed E-state index contributed by atoms with van der Waals surface area (Å²) in [5, 5.41) is 3.77. The Hall–Kier alpha value is -0.0800. The Balaban J connectivity index is 1.74. The van der Waals surface area contributed by atoms with Crippen LogP contribution in [0.25, 0.3) is 0 Å². The zero-order valence-corrected chi connectivity index (χ0v) is 8.63. The molecule has 0 spiro atoms. The number of hydrogen-bond acceptors (Lipinski definition) is 2. The summed E-state index contributed by atoms with van der Waals surface area (Å²) >= 11 is 0. The van der Waals surface area contributed by atoms with Crippen LogP contribution in [-0.4, -0.2) is 18.6 Å². The molecule has 2 aliphatic carbocycles. The molecule has 2 saturated carbocycles. The van der Waals surface area contributed by atoms with Crippen molar-refractivity contribution in [2.75, 3.05) is 6.54 Å². The van der Waals surface area contributed by atoms with E-state index in [1.807, 2.05) is 0 Å². The minimum Gasteiger partial charge on any atom is -0.330 e. The number of nitrogens with one attached hydrogen (secondary N) is 1. The Labute approximate surface area is 81.3 Å². The molecular weight excluding hydrogens is 160 g/mol. The second-order valence-electron chi connectivity index (χ2n) is 4.97. The first kappa shape index (κ1) is 9.47. The SMILES string of the molecule is CC1CC(NC2CCCC2CN)C1. The first-order chi connectivity index (χ1) is 6.29. The quantitative estimate of drug-likeness (QED) is 0.694. The highest BCUT2D eigenvalue weighted by molar-refractivity contribution is 4.90. The summed E-state index contributed by atoms with van der Waals surface area (Å²) in [5.41, 5.74) is 5.75. The van der Waals surface area contributed by atoms with Gasteiger partial charge in [0.15, 0.2) is 0 Å². The first-order valence-corrected chi connectivity index (χ1v) is 5.75. The summed E-state index contributed by atoms with van der Waals surface area (Å²) in [6.07, 6.45) is 6.84. The van der Waals surface area contributed by atoms with Crippen molar-refractivity contribution in [1.82, 2.24) is 5.32 Å². The van der Waals surface area contributed by atoms with E-state index in [0.717, 1.165) is 30.5 Å². The van der Waals surface area contributed by atoms with Gasteiger partial charge < -0.3 is 11.1 Å². The van der Waals surface area contributed by atoms with E-state index in [1.54, 1.807) is 0 Å². The van der Waals surface area contributed by atoms with Crippen molar-refractivity contribution < 1.29 is 0 Å². The Morgan fingerprint density at radius 1 is 1.31 bits per heavy atom. The van der Waals surface area contributed by atoms with E-state index < -0.39 is 0 Å². The molecule has 2 atom stereocenters. The van der Waals surface area contributed by atoms with E-state index >= 15 is 0 Å². The van der Waals surface area contributed by atoms with Crippen LogP contribution in [0.15, 0.2) is 0 Å². The molecule has 2 unspecified atom stereocenters. The Morgan fingerprint density at radius 2 is 2.08 bits per heavy atom. The maximum atomic E-state index is 5.75. The van der Waals surface area contributed by atoms with Gasteiger partial charge in [0.2, 0.25) is 0 Å². The van der Waals surface area contributed by atoms with E-state index in [9.17, 15) is 0 Å². The third-order valence-electron chi connectivity index (χ3n) is 3.79. The average molecular weight is 182 g/mol. The van der Waals surface area contributed by atoms with E-state index in [0.29, 0.717) is 0 Å². The maximum Gasteiger partial charge on any atom is 0.0110 e. The fourth-order valence-electron chi connectivity index (χ4n) is 2.88. The molecule has 2 heteroatoms. The summed E-state index contributed by atoms with van der Waals surface area (Å²) in [5.74, 6) is 1.71. The van der Waals surface area contributed by atoms with Crippen molar-refractivity contribution in [3.05, 3.63) is 0 Å². The molecule has 0 amide bonds. The Morgan fingerprint density at radius 3 is 2.69 bits per heavy atom. The zero-order valence-electron chi connectivity index (χ0n) is 8.63. The third kappa shape index (κ3) is 2.05. The van der Waals surface area contributed by atoms with E-state index in [4.69, 9.17) is 5.73 Å². The lowest BCUT2D eigenvalue weighted by Crippen LogP contribution is -2.48. The summed E-state index contributed by atoms with van der Waals surface area (Å²) in [6, 6.07) is 1.55. The number of hydrogen-bond donors (Lipinski definition) is 2. The van der Waals surface area contributed by atoms with Crippen LogP contribution in [0.1, 0.15) is 39.0 Å². The van der Waals surface area contributed by atoms with Crippen LogP contribution >= 0.6 is 0 Å². The topological polar surface area (TPSA) is 38.0 Å². The molecule has 0 heterocycles. The van der Waals surface area contributed by atoms with Gasteiger partial charge in [-0.15, -0.1) is 0 Å². The number of nitrogens with two attached hydrogens (primary N) is 1. The highest BCUT2D eigenvalue weighted by Gasteiger charge is 2.32. The van der Waals surface area contributed by atoms with E-state index in [1.165, 1.54) is 32.1 Å². The predicted octanol–water partition coefficient (Wildman–Crippen LogP) is 1.50. The fourth-order valence-corrected chi connectivity index (χ4v) is 2.88. The molecule has 2 fully saturated rings. The molecule has 0 aromatic carbocycles. The van der Waals surface area contributed by atoms with Crippen LogP contribution in [0, 0.1) is 11.8 Å². The van der Waals surface area contributed by atoms with Crippen molar-refractivity contribution >= 4 is 0 Å². The molecule has 0 radical (unpaired) electrons. The molecule has 3 N–H and O–H groups in total. The van der Waals surface area contributed by atoms with Crippen molar-refractivity contribution in [3.63, 3.8) is 0 Å². The standard InChI is InChI=1S/C11H22N2/c1-8-5-10(6-8)13-11-4-2-3-9(11)7-12/h8-11,13H,2-7,12H2,1H3. The van der Waals surface area contributed by atoms with E-state index in [-0.39, 0.29) is 0 Å². The van der Waals surface area contributed by atoms with Gasteiger partial charge in [0.25, 0.3) is 0 Å². The second kappa shape index (κ2) is 3.97. The monoisotopic (exact) mass is 182 g/mol. The fraction of sp³-hybridized carbons (Fsp3) is 1.00. The lowest BCUT2D eigenvalue weighted by atomic mass is 9.81. The normalized spacial score (nSPS) is 44.8. The molecule has 13 heavy (non-hydrogen) atoms. The second-order valence-corrected chi connectivity index (χ2v) is 4.97. The van der Waals surface area contributed by atoms with Crippen molar-refractivity contribution in [1.29, 1.82) is 0 Å². The lowest BCUT2D eigenvalue weighted by molar-refractivity contribution is 0.208. The van der Waals surface area contributed by atoms with Gasteiger partial charge in [0.1, 0.15) is 0 Å². The van der Waals surface area contributed by atoms with Gasteiger partial charge in [-0.2, -0.15) is 0 Å². The van der Waals surface area contributed by atoms with Crippen LogP contribution in [0.5, 0.6) is 0 Å². The van der Waals surface area contributed by atoms with Crippen LogP contribution in [-0.2, 0) is 0 Å². The Kier molecular flexibility index (Phi) is 2.89. The molecule has 76 valence electrons. The molecule has 0 aliphatic heterocycles. The van der Waals surface area contributed by atoms with Gasteiger partial charge >= 0.3 is 0 Å². The molecule has 0 aromatic heterocycles. The largest absolute Gasteiger partial charge is 0.330 e. The van der Waals surface area contributed by atoms with Gasteiger partial charge in [-0.05, 0) is 44.1 Å². The maximum absolute atomic E-state index is 5.75. The van der Waals surface area contributed by atoms with Gasteiger partial charge in [0, 0.05) is 12.1 Å². The van der Waals surface area contributed by atoms with Crippen molar-refractivity contribution in [2.45, 2.75) is 51.1 Å². The summed E-state index contributed by atoms with van der Waals surface area (Å²) in [4.78, 5) is 0. The first-order valence-electron chi connectivity index (χ1n) is 5.75. The summed E-state index contributed by atoms with van der Waals surface area (Å²) in [6.45, 7) is 3.22. The van der Waals surface area contributed by atoms with Crippen LogP contribution in [0.4, 0.5) is 0 Å². The Bertz CT molecular complexity index is 163. The van der Waals surface area contributed by atoms with Crippen molar-refractivity contribution in [3.8, 4) is 0 Å². The van der Waals surface area contributed by atoms with Crippen LogP contribution in [0.3, 0.4) is 0 Å². The predicted molar refractivity (Wildman–Crippen MR) is 55.5 cm³/mol. The summed E-state index contributed by atoms with van der Waals surface area (Å²) in [7, 11) is 0. The molecule has 0 aromatic rings. The van der Waals surface area contributed by atoms with Gasteiger partial charge in [0.05, 0.1) is 0 Å². The molecular formula is C11H22N2. The number of rotatable bonds is 3. The molecule has 2 rings (SSSR count). The average Bonchev–Trinajstić information content (AvgIpc) is 2.49. The van der Waals surface area contributed by atoms with Crippen molar-refractivity contribution in [2.24, 2.45) is 17.6 Å². The summed E-state index contributed by atoms with van der Waals surface area (Å²) < 4.78 is 0. The zero-order chi connectivity index (χ0) is 9.26. The van der Waals surface area contributed by atoms with Gasteiger partial charge in [-0.3, -0.25) is 0 Å². The smallest absolute Gasteiger partial charge is 0.0110 e. The highest BCUT2D eigenvalue weighted by atomic mass is 15.0. The van der Waals surface area contributed by atoms with Crippen LogP contribution in [0.2, 0.25) is 0 Å². The minimum atomic E-state index is 0.738. The van der Waals surface area contributed by atoms with Gasteiger partial charge in [-0.1, -0.05) is 13.3 Å². The molecule has 2 aliphatic rings. The highest BCUT2D eigenvalue weighted by Crippen LogP contribution is 2.31. The molecule has 0 bridgehead atoms. The van der Waals surface area contributed by atoms with Gasteiger partial charge in [-0.25, -0.2) is 0 Å². The third-order valence-corrected chi connectivity index (χ3v) is 3.79. The molecule has 0 saturated heterocycles. The van der Waals surface area contributed by atoms with E-state index in [2.05, 4.69) is 12.2 Å².